The lowest BCUT2D eigenvalue weighted by atomic mass is 10.0. The average Bonchev–Trinajstić information content (AvgIpc) is 2.04. The third kappa shape index (κ3) is 6.58. The van der Waals surface area contributed by atoms with E-state index in [1.165, 1.54) is 0 Å². The topological polar surface area (TPSA) is 55.5 Å². The zero-order valence-corrected chi connectivity index (χ0v) is 8.18. The smallest absolute Gasteiger partial charge is 0.0609 e. The van der Waals surface area contributed by atoms with Gasteiger partial charge in [0.2, 0.25) is 0 Å². The van der Waals surface area contributed by atoms with Crippen LogP contribution in [0.3, 0.4) is 0 Å². The Labute approximate surface area is 74.9 Å². The molecule has 0 saturated heterocycles. The first-order valence-electron chi connectivity index (χ1n) is 4.60. The highest BCUT2D eigenvalue weighted by Crippen LogP contribution is 2.04. The van der Waals surface area contributed by atoms with Crippen LogP contribution in [-0.2, 0) is 4.74 Å². The van der Waals surface area contributed by atoms with Gasteiger partial charge in [0.15, 0.2) is 0 Å². The molecule has 3 nitrogen and oxygen atoms in total. The number of nitrogens with two attached hydrogens (primary N) is 1. The molecule has 0 aliphatic rings. The van der Waals surface area contributed by atoms with Crippen molar-refractivity contribution in [1.82, 2.24) is 0 Å². The number of hydrogen-bond acceptors (Lipinski definition) is 3. The molecule has 0 aromatic heterocycles. The summed E-state index contributed by atoms with van der Waals surface area (Å²) in [5.74, 6) is 0. The second kappa shape index (κ2) is 6.40. The molecule has 1 atom stereocenters. The Morgan fingerprint density at radius 2 is 2.08 bits per heavy atom. The number of unbranched alkanes of at least 4 members (excludes halogenated alkanes) is 1. The van der Waals surface area contributed by atoms with E-state index in [0.29, 0.717) is 13.0 Å². The van der Waals surface area contributed by atoms with Crippen LogP contribution in [0.4, 0.5) is 0 Å². The van der Waals surface area contributed by atoms with Crippen LogP contribution in [0.1, 0.15) is 33.1 Å². The monoisotopic (exact) mass is 175 g/mol. The highest BCUT2D eigenvalue weighted by molar-refractivity contribution is 4.76. The van der Waals surface area contributed by atoms with E-state index in [0.717, 1.165) is 19.4 Å². The predicted octanol–water partition coefficient (Wildman–Crippen LogP) is 0.903. The fourth-order valence-corrected chi connectivity index (χ4v) is 0.733. The van der Waals surface area contributed by atoms with Crippen LogP contribution in [0, 0.1) is 0 Å². The summed E-state index contributed by atoms with van der Waals surface area (Å²) < 4.78 is 5.32. The lowest BCUT2D eigenvalue weighted by molar-refractivity contribution is 0.0982. The molecular weight excluding hydrogens is 154 g/mol. The van der Waals surface area contributed by atoms with E-state index >= 15 is 0 Å². The zero-order valence-electron chi connectivity index (χ0n) is 8.18. The number of ether oxygens (including phenoxy) is 1. The van der Waals surface area contributed by atoms with Crippen LogP contribution < -0.4 is 5.73 Å². The SMILES string of the molecule is CCCCOCCC(C)(N)CO. The van der Waals surface area contributed by atoms with E-state index in [-0.39, 0.29) is 6.61 Å². The van der Waals surface area contributed by atoms with Crippen LogP contribution in [0.15, 0.2) is 0 Å². The lowest BCUT2D eigenvalue weighted by Crippen LogP contribution is -2.41. The Kier molecular flexibility index (Phi) is 6.34. The molecule has 3 N–H and O–H groups in total. The van der Waals surface area contributed by atoms with E-state index in [1.54, 1.807) is 0 Å². The average molecular weight is 175 g/mol. The standard InChI is InChI=1S/C9H21NO2/c1-3-4-6-12-7-5-9(2,10)8-11/h11H,3-8,10H2,1-2H3. The zero-order chi connectivity index (χ0) is 9.45. The molecule has 3 heteroatoms. The van der Waals surface area contributed by atoms with Gasteiger partial charge in [-0.05, 0) is 19.8 Å². The van der Waals surface area contributed by atoms with Crippen molar-refractivity contribution >= 4 is 0 Å². The van der Waals surface area contributed by atoms with Gasteiger partial charge in [-0.25, -0.2) is 0 Å². The van der Waals surface area contributed by atoms with Gasteiger partial charge in [0.25, 0.3) is 0 Å². The van der Waals surface area contributed by atoms with E-state index < -0.39 is 5.54 Å². The van der Waals surface area contributed by atoms with Crippen LogP contribution in [-0.4, -0.2) is 30.5 Å². The number of hydrogen-bond donors (Lipinski definition) is 2. The molecule has 0 fully saturated rings. The molecule has 0 aromatic carbocycles. The van der Waals surface area contributed by atoms with E-state index in [2.05, 4.69) is 6.92 Å². The van der Waals surface area contributed by atoms with Gasteiger partial charge in [0.1, 0.15) is 0 Å². The molecule has 0 rings (SSSR count). The van der Waals surface area contributed by atoms with Crippen molar-refractivity contribution in [3.8, 4) is 0 Å². The van der Waals surface area contributed by atoms with Gasteiger partial charge in [-0.1, -0.05) is 13.3 Å². The van der Waals surface area contributed by atoms with Gasteiger partial charge in [0.05, 0.1) is 6.61 Å². The molecule has 0 aliphatic carbocycles. The third-order valence-corrected chi connectivity index (χ3v) is 1.82. The van der Waals surface area contributed by atoms with Crippen molar-refractivity contribution in [3.05, 3.63) is 0 Å². The summed E-state index contributed by atoms with van der Waals surface area (Å²) in [6, 6.07) is 0. The third-order valence-electron chi connectivity index (χ3n) is 1.82. The van der Waals surface area contributed by atoms with Gasteiger partial charge < -0.3 is 15.6 Å². The molecule has 0 amide bonds. The van der Waals surface area contributed by atoms with Gasteiger partial charge in [-0.2, -0.15) is 0 Å². The van der Waals surface area contributed by atoms with Crippen LogP contribution in [0.5, 0.6) is 0 Å². The molecule has 0 aliphatic heterocycles. The Morgan fingerprint density at radius 3 is 2.58 bits per heavy atom. The number of aliphatic hydroxyl groups is 1. The summed E-state index contributed by atoms with van der Waals surface area (Å²) >= 11 is 0. The molecule has 0 bridgehead atoms. The summed E-state index contributed by atoms with van der Waals surface area (Å²) in [7, 11) is 0. The van der Waals surface area contributed by atoms with Crippen molar-refractivity contribution in [3.63, 3.8) is 0 Å². The van der Waals surface area contributed by atoms with Gasteiger partial charge in [0, 0.05) is 18.8 Å². The Balaban J connectivity index is 3.19. The molecule has 0 spiro atoms. The molecular formula is C9H21NO2. The summed E-state index contributed by atoms with van der Waals surface area (Å²) in [5, 5.41) is 8.82. The molecule has 0 heterocycles. The fraction of sp³-hybridized carbons (Fsp3) is 1.00. The normalized spacial score (nSPS) is 16.0. The second-order valence-corrected chi connectivity index (χ2v) is 3.53. The highest BCUT2D eigenvalue weighted by atomic mass is 16.5. The van der Waals surface area contributed by atoms with Crippen molar-refractivity contribution in [2.45, 2.75) is 38.6 Å². The van der Waals surface area contributed by atoms with E-state index in [9.17, 15) is 0 Å². The van der Waals surface area contributed by atoms with Gasteiger partial charge >= 0.3 is 0 Å². The van der Waals surface area contributed by atoms with Crippen molar-refractivity contribution < 1.29 is 9.84 Å². The van der Waals surface area contributed by atoms with Gasteiger partial charge in [-0.15, -0.1) is 0 Å². The van der Waals surface area contributed by atoms with Crippen LogP contribution >= 0.6 is 0 Å². The Bertz CT molecular complexity index is 105. The first-order chi connectivity index (χ1) is 5.62. The summed E-state index contributed by atoms with van der Waals surface area (Å²) in [6.07, 6.45) is 2.97. The maximum absolute atomic E-state index is 8.82. The molecule has 1 unspecified atom stereocenters. The quantitative estimate of drug-likeness (QED) is 0.565. The van der Waals surface area contributed by atoms with Crippen molar-refractivity contribution in [2.75, 3.05) is 19.8 Å². The second-order valence-electron chi connectivity index (χ2n) is 3.53. The minimum atomic E-state index is -0.480. The number of rotatable bonds is 7. The van der Waals surface area contributed by atoms with Crippen molar-refractivity contribution in [2.24, 2.45) is 5.73 Å². The maximum Gasteiger partial charge on any atom is 0.0609 e. The Hall–Kier alpha value is -0.120. The summed E-state index contributed by atoms with van der Waals surface area (Å²) in [4.78, 5) is 0. The molecule has 0 radical (unpaired) electrons. The van der Waals surface area contributed by atoms with E-state index in [4.69, 9.17) is 15.6 Å². The molecule has 12 heavy (non-hydrogen) atoms. The minimum absolute atomic E-state index is 0.0180. The largest absolute Gasteiger partial charge is 0.394 e. The van der Waals surface area contributed by atoms with Gasteiger partial charge in [-0.3, -0.25) is 0 Å². The minimum Gasteiger partial charge on any atom is -0.394 e. The first kappa shape index (κ1) is 11.9. The maximum atomic E-state index is 8.82. The van der Waals surface area contributed by atoms with Crippen LogP contribution in [0.25, 0.3) is 0 Å². The highest BCUT2D eigenvalue weighted by Gasteiger charge is 2.15. The molecule has 74 valence electrons. The molecule has 0 aromatic rings. The molecule has 0 saturated carbocycles. The number of aliphatic hydroxyl groups excluding tert-OH is 1. The summed E-state index contributed by atoms with van der Waals surface area (Å²) in [6.45, 7) is 5.43. The summed E-state index contributed by atoms with van der Waals surface area (Å²) in [5.41, 5.74) is 5.22. The van der Waals surface area contributed by atoms with Crippen molar-refractivity contribution in [1.29, 1.82) is 0 Å². The van der Waals surface area contributed by atoms with Crippen LogP contribution in [0.2, 0.25) is 0 Å². The lowest BCUT2D eigenvalue weighted by Gasteiger charge is -2.21. The predicted molar refractivity (Wildman–Crippen MR) is 50.0 cm³/mol. The van der Waals surface area contributed by atoms with E-state index in [1.807, 2.05) is 6.92 Å². The first-order valence-corrected chi connectivity index (χ1v) is 4.60. The fourth-order valence-electron chi connectivity index (χ4n) is 0.733. The Morgan fingerprint density at radius 1 is 1.42 bits per heavy atom.